The highest BCUT2D eigenvalue weighted by molar-refractivity contribution is 7.09. The number of aromatic nitrogens is 1. The predicted molar refractivity (Wildman–Crippen MR) is 146 cm³/mol. The number of nitrogens with zero attached hydrogens (tertiary/aromatic N) is 2. The van der Waals surface area contributed by atoms with E-state index in [0.717, 1.165) is 34.4 Å². The van der Waals surface area contributed by atoms with Crippen LogP contribution in [0.4, 0.5) is 0 Å². The van der Waals surface area contributed by atoms with Gasteiger partial charge in [0.1, 0.15) is 5.69 Å². The summed E-state index contributed by atoms with van der Waals surface area (Å²) < 4.78 is 0. The highest BCUT2D eigenvalue weighted by Crippen LogP contribution is 2.31. The molecule has 36 heavy (non-hydrogen) atoms. The molecular weight excluding hydrogens is 490 g/mol. The number of carbonyl (C=O) groups is 2. The Morgan fingerprint density at radius 2 is 1.78 bits per heavy atom. The molecule has 1 unspecified atom stereocenters. The third kappa shape index (κ3) is 5.45. The summed E-state index contributed by atoms with van der Waals surface area (Å²) in [5.74, 6) is 0.202. The Bertz CT molecular complexity index is 1390. The lowest BCUT2D eigenvalue weighted by molar-refractivity contribution is -0.131. The first-order valence-electron chi connectivity index (χ1n) is 12.2. The van der Waals surface area contributed by atoms with Gasteiger partial charge in [0.05, 0.1) is 17.5 Å². The van der Waals surface area contributed by atoms with Crippen molar-refractivity contribution in [1.29, 1.82) is 0 Å². The molecule has 0 bridgehead atoms. The van der Waals surface area contributed by atoms with E-state index in [1.165, 1.54) is 16.7 Å². The summed E-state index contributed by atoms with van der Waals surface area (Å²) in [4.78, 5) is 32.2. The Morgan fingerprint density at radius 3 is 2.56 bits per heavy atom. The summed E-state index contributed by atoms with van der Waals surface area (Å²) in [5.41, 5.74) is 2.38. The quantitative estimate of drug-likeness (QED) is 0.322. The van der Waals surface area contributed by atoms with Gasteiger partial charge in [-0.1, -0.05) is 66.2 Å². The molecule has 184 valence electrons. The fourth-order valence-corrected chi connectivity index (χ4v) is 5.88. The number of thiazole rings is 1. The summed E-state index contributed by atoms with van der Waals surface area (Å²) in [6.07, 6.45) is 2.01. The van der Waals surface area contributed by atoms with Crippen LogP contribution in [0.25, 0.3) is 10.8 Å². The minimum absolute atomic E-state index is 0.100. The Balaban J connectivity index is 1.16. The van der Waals surface area contributed by atoms with Crippen LogP contribution in [0.2, 0.25) is 5.02 Å². The van der Waals surface area contributed by atoms with Gasteiger partial charge >= 0.3 is 0 Å². The van der Waals surface area contributed by atoms with Crippen LogP contribution < -0.4 is 5.32 Å². The molecule has 1 aromatic heterocycles. The number of hydrogen-bond acceptors (Lipinski definition) is 4. The van der Waals surface area contributed by atoms with E-state index < -0.39 is 0 Å². The lowest BCUT2D eigenvalue weighted by Gasteiger charge is -2.31. The Hall–Kier alpha value is -3.22. The Morgan fingerprint density at radius 1 is 1.06 bits per heavy atom. The van der Waals surface area contributed by atoms with Gasteiger partial charge in [-0.15, -0.1) is 11.3 Å². The average molecular weight is 518 g/mol. The lowest BCUT2D eigenvalue weighted by Crippen LogP contribution is -2.38. The Kier molecular flexibility index (Phi) is 7.35. The van der Waals surface area contributed by atoms with Gasteiger partial charge in [-0.25, -0.2) is 4.98 Å². The zero-order valence-electron chi connectivity index (χ0n) is 20.1. The van der Waals surface area contributed by atoms with E-state index in [1.54, 1.807) is 0 Å². The molecule has 2 amide bonds. The Labute approximate surface area is 220 Å². The van der Waals surface area contributed by atoms with E-state index in [0.29, 0.717) is 30.2 Å². The van der Waals surface area contributed by atoms with Gasteiger partial charge in [0.25, 0.3) is 5.91 Å². The number of halogens is 1. The number of carbonyl (C=O) groups excluding carboxylic acids is 2. The second-order valence-corrected chi connectivity index (χ2v) is 10.6. The van der Waals surface area contributed by atoms with Crippen molar-refractivity contribution in [3.8, 4) is 0 Å². The molecule has 0 radical (unpaired) electrons. The van der Waals surface area contributed by atoms with Crippen molar-refractivity contribution >= 4 is 45.5 Å². The monoisotopic (exact) mass is 517 g/mol. The third-order valence-corrected chi connectivity index (χ3v) is 8.25. The first kappa shape index (κ1) is 24.5. The normalized spacial score (nSPS) is 15.1. The maximum Gasteiger partial charge on any atom is 0.271 e. The van der Waals surface area contributed by atoms with Crippen LogP contribution in [0.1, 0.15) is 58.3 Å². The lowest BCUT2D eigenvalue weighted by atomic mass is 9.97. The number of amides is 2. The van der Waals surface area contributed by atoms with Crippen LogP contribution in [0, 0.1) is 0 Å². The van der Waals surface area contributed by atoms with Gasteiger partial charge in [-0.3, -0.25) is 9.59 Å². The minimum Gasteiger partial charge on any atom is -0.344 e. The molecule has 1 fully saturated rings. The predicted octanol–water partition coefficient (Wildman–Crippen LogP) is 6.39. The highest BCUT2D eigenvalue weighted by atomic mass is 35.5. The molecule has 5 rings (SSSR count). The highest BCUT2D eigenvalue weighted by Gasteiger charge is 2.27. The molecule has 5 nitrogen and oxygen atoms in total. The number of hydrogen-bond donors (Lipinski definition) is 1. The molecule has 1 atom stereocenters. The molecular formula is C29H28ClN3O2S. The molecule has 0 aliphatic carbocycles. The maximum absolute atomic E-state index is 12.9. The van der Waals surface area contributed by atoms with Crippen molar-refractivity contribution < 1.29 is 9.59 Å². The summed E-state index contributed by atoms with van der Waals surface area (Å²) in [6.45, 7) is 3.37. The second kappa shape index (κ2) is 10.8. The number of fused-ring (bicyclic) bond motifs is 1. The van der Waals surface area contributed by atoms with Crippen molar-refractivity contribution in [1.82, 2.24) is 15.2 Å². The number of likely N-dealkylation sites (tertiary alicyclic amines) is 1. The van der Waals surface area contributed by atoms with E-state index in [4.69, 9.17) is 11.6 Å². The second-order valence-electron chi connectivity index (χ2n) is 9.30. The van der Waals surface area contributed by atoms with Gasteiger partial charge in [-0.05, 0) is 53.8 Å². The van der Waals surface area contributed by atoms with Crippen molar-refractivity contribution in [2.75, 3.05) is 13.1 Å². The maximum atomic E-state index is 12.9. The van der Waals surface area contributed by atoms with E-state index in [2.05, 4.69) is 40.6 Å². The molecule has 1 aliphatic heterocycles. The van der Waals surface area contributed by atoms with Crippen LogP contribution in [0.5, 0.6) is 0 Å². The topological polar surface area (TPSA) is 62.3 Å². The van der Waals surface area contributed by atoms with Gasteiger partial charge in [-0.2, -0.15) is 0 Å². The summed E-state index contributed by atoms with van der Waals surface area (Å²) >= 11 is 7.75. The van der Waals surface area contributed by atoms with E-state index in [1.807, 2.05) is 53.6 Å². The van der Waals surface area contributed by atoms with Gasteiger partial charge in [0.2, 0.25) is 5.91 Å². The first-order valence-corrected chi connectivity index (χ1v) is 13.5. The molecule has 0 spiro atoms. The number of piperidine rings is 1. The van der Waals surface area contributed by atoms with Crippen LogP contribution >= 0.6 is 22.9 Å². The van der Waals surface area contributed by atoms with Crippen molar-refractivity contribution in [3.05, 3.63) is 99.0 Å². The third-order valence-electron chi connectivity index (χ3n) is 6.87. The summed E-state index contributed by atoms with van der Waals surface area (Å²) in [6, 6.07) is 21.8. The van der Waals surface area contributed by atoms with E-state index >= 15 is 0 Å². The standard InChI is InChI=1S/C29H28ClN3O2S/c1-19(22-11-10-20-6-2-3-7-23(20)16-22)31-28(35)26-18-36-29(32-26)21-12-14-33(15-13-21)27(34)17-24-8-4-5-9-25(24)30/h2-11,16,18-19,21H,12-15,17H2,1H3,(H,31,35). The van der Waals surface area contributed by atoms with Crippen LogP contribution in [-0.2, 0) is 11.2 Å². The van der Waals surface area contributed by atoms with Crippen molar-refractivity contribution in [2.24, 2.45) is 0 Å². The van der Waals surface area contributed by atoms with Crippen LogP contribution in [-0.4, -0.2) is 34.8 Å². The molecule has 3 aromatic carbocycles. The largest absolute Gasteiger partial charge is 0.344 e. The molecule has 4 aromatic rings. The SMILES string of the molecule is CC(NC(=O)c1csc(C2CCN(C(=O)Cc3ccccc3Cl)CC2)n1)c1ccc2ccccc2c1. The fraction of sp³-hybridized carbons (Fsp3) is 0.276. The van der Waals surface area contributed by atoms with Gasteiger partial charge < -0.3 is 10.2 Å². The van der Waals surface area contributed by atoms with Crippen molar-refractivity contribution in [2.45, 2.75) is 38.1 Å². The molecule has 2 heterocycles. The number of benzene rings is 3. The van der Waals surface area contributed by atoms with Crippen LogP contribution in [0.3, 0.4) is 0 Å². The summed E-state index contributed by atoms with van der Waals surface area (Å²) in [7, 11) is 0. The molecule has 1 N–H and O–H groups in total. The molecule has 1 aliphatic rings. The average Bonchev–Trinajstić information content (AvgIpc) is 3.40. The zero-order valence-corrected chi connectivity index (χ0v) is 21.7. The fourth-order valence-electron chi connectivity index (χ4n) is 4.70. The zero-order chi connectivity index (χ0) is 25.1. The molecule has 7 heteroatoms. The molecule has 0 saturated carbocycles. The minimum atomic E-state index is -0.162. The number of rotatable bonds is 6. The van der Waals surface area contributed by atoms with Gasteiger partial charge in [0, 0.05) is 29.4 Å². The molecule has 1 saturated heterocycles. The number of nitrogens with one attached hydrogen (secondary N) is 1. The van der Waals surface area contributed by atoms with Crippen LogP contribution in [0.15, 0.2) is 72.1 Å². The van der Waals surface area contributed by atoms with Gasteiger partial charge in [0.15, 0.2) is 0 Å². The summed E-state index contributed by atoms with van der Waals surface area (Å²) in [5, 5.41) is 8.86. The van der Waals surface area contributed by atoms with E-state index in [9.17, 15) is 9.59 Å². The smallest absolute Gasteiger partial charge is 0.271 e. The van der Waals surface area contributed by atoms with Crippen molar-refractivity contribution in [3.63, 3.8) is 0 Å². The van der Waals surface area contributed by atoms with E-state index in [-0.39, 0.29) is 23.8 Å². The first-order chi connectivity index (χ1) is 17.5.